The zero-order valence-electron chi connectivity index (χ0n) is 18.9. The maximum Gasteiger partial charge on any atom is 0.339 e. The van der Waals surface area contributed by atoms with Crippen LogP contribution in [0.15, 0.2) is 75.4 Å². The highest BCUT2D eigenvalue weighted by Gasteiger charge is 2.27. The van der Waals surface area contributed by atoms with Gasteiger partial charge < -0.3 is 4.18 Å². The molecule has 3 rings (SSSR count). The van der Waals surface area contributed by atoms with Crippen molar-refractivity contribution >= 4 is 29.8 Å². The fourth-order valence-corrected chi connectivity index (χ4v) is 7.25. The van der Waals surface area contributed by atoms with Gasteiger partial charge in [0, 0.05) is 15.7 Å². The molecule has 0 fully saturated rings. The van der Waals surface area contributed by atoms with E-state index in [9.17, 15) is 21.2 Å². The number of halogens is 1. The van der Waals surface area contributed by atoms with E-state index in [2.05, 4.69) is 0 Å². The van der Waals surface area contributed by atoms with E-state index in [0.29, 0.717) is 16.0 Å². The molecule has 176 valence electrons. The van der Waals surface area contributed by atoms with E-state index in [1.807, 2.05) is 27.7 Å². The van der Waals surface area contributed by atoms with Crippen LogP contribution < -0.4 is 4.18 Å². The molecule has 0 radical (unpaired) electrons. The molecule has 33 heavy (non-hydrogen) atoms. The van der Waals surface area contributed by atoms with Crippen molar-refractivity contribution in [2.45, 2.75) is 54.7 Å². The van der Waals surface area contributed by atoms with Crippen LogP contribution in [-0.4, -0.2) is 16.8 Å². The van der Waals surface area contributed by atoms with E-state index in [1.165, 1.54) is 0 Å². The standard InChI is InChI=1S/C24H25FO5S3/c1-16-6-10-20(11-7-16)33(28,29)31-23-14-17(2)22(15-21(23)24(3,4)5)30-32(26,27)19-12-8-18(25)9-13-19/h6-15H,1-5H3. The Labute approximate surface area is 198 Å². The van der Waals surface area contributed by atoms with Crippen LogP contribution in [0.1, 0.15) is 37.5 Å². The van der Waals surface area contributed by atoms with E-state index in [4.69, 9.17) is 4.18 Å². The summed E-state index contributed by atoms with van der Waals surface area (Å²) < 4.78 is 70.0. The lowest BCUT2D eigenvalue weighted by Gasteiger charge is -2.24. The lowest BCUT2D eigenvalue weighted by atomic mass is 9.86. The Morgan fingerprint density at radius 2 is 1.36 bits per heavy atom. The van der Waals surface area contributed by atoms with Gasteiger partial charge in [0.25, 0.3) is 0 Å². The largest absolute Gasteiger partial charge is 0.379 e. The topological polar surface area (TPSA) is 77.5 Å². The van der Waals surface area contributed by atoms with Gasteiger partial charge in [0.05, 0.1) is 4.90 Å². The Morgan fingerprint density at radius 3 is 1.91 bits per heavy atom. The third-order valence-electron chi connectivity index (χ3n) is 4.90. The Morgan fingerprint density at radius 1 is 0.818 bits per heavy atom. The molecule has 0 aliphatic rings. The Hall–Kier alpha value is -2.36. The molecule has 3 aromatic carbocycles. The van der Waals surface area contributed by atoms with Crippen LogP contribution in [-0.2, 0) is 24.4 Å². The third-order valence-corrected chi connectivity index (χ3v) is 9.51. The van der Waals surface area contributed by atoms with Crippen molar-refractivity contribution in [3.8, 4) is 5.75 Å². The monoisotopic (exact) mass is 508 g/mol. The summed E-state index contributed by atoms with van der Waals surface area (Å²) in [6.45, 7) is 9.23. The van der Waals surface area contributed by atoms with Gasteiger partial charge in [0.1, 0.15) is 16.5 Å². The van der Waals surface area contributed by atoms with Gasteiger partial charge >= 0.3 is 10.1 Å². The molecule has 0 spiro atoms. The first-order valence-electron chi connectivity index (χ1n) is 10.1. The summed E-state index contributed by atoms with van der Waals surface area (Å²) in [4.78, 5) is 0.503. The summed E-state index contributed by atoms with van der Waals surface area (Å²) in [5.74, 6) is -0.474. The minimum atomic E-state index is -4.20. The van der Waals surface area contributed by atoms with Crippen LogP contribution in [0.5, 0.6) is 5.75 Å². The van der Waals surface area contributed by atoms with Crippen LogP contribution in [0.3, 0.4) is 0 Å². The SMILES string of the molecule is Cc1ccc(S(=O)(=O)Sc2cc(C)c(OS(=O)(=O)c3ccc(F)cc3)cc2C(C)(C)C)cc1. The van der Waals surface area contributed by atoms with E-state index < -0.39 is 30.2 Å². The third kappa shape index (κ3) is 5.96. The van der Waals surface area contributed by atoms with E-state index in [0.717, 1.165) is 40.6 Å². The summed E-state index contributed by atoms with van der Waals surface area (Å²) >= 11 is 0. The summed E-state index contributed by atoms with van der Waals surface area (Å²) in [6.07, 6.45) is 0. The van der Waals surface area contributed by atoms with Crippen LogP contribution in [0, 0.1) is 19.7 Å². The van der Waals surface area contributed by atoms with E-state index in [-0.39, 0.29) is 15.5 Å². The second-order valence-electron chi connectivity index (χ2n) is 8.71. The van der Waals surface area contributed by atoms with Gasteiger partial charge in [0.2, 0.25) is 8.87 Å². The molecule has 0 saturated carbocycles. The maximum atomic E-state index is 13.2. The molecule has 0 N–H and O–H groups in total. The molecule has 9 heteroatoms. The van der Waals surface area contributed by atoms with Crippen molar-refractivity contribution in [2.75, 3.05) is 0 Å². The van der Waals surface area contributed by atoms with Crippen LogP contribution >= 0.6 is 10.8 Å². The molecule has 3 aromatic rings. The second kappa shape index (κ2) is 9.12. The Bertz CT molecular complexity index is 1370. The van der Waals surface area contributed by atoms with Gasteiger partial charge in [-0.25, -0.2) is 12.8 Å². The van der Waals surface area contributed by atoms with Crippen molar-refractivity contribution in [1.29, 1.82) is 0 Å². The summed E-state index contributed by atoms with van der Waals surface area (Å²) in [5, 5.41) is 0. The lowest BCUT2D eigenvalue weighted by molar-refractivity contribution is 0.480. The van der Waals surface area contributed by atoms with Crippen molar-refractivity contribution in [3.05, 3.63) is 83.2 Å². The van der Waals surface area contributed by atoms with Gasteiger partial charge in [-0.2, -0.15) is 8.42 Å². The van der Waals surface area contributed by atoms with Gasteiger partial charge in [-0.05, 0) is 78.9 Å². The van der Waals surface area contributed by atoms with Gasteiger partial charge in [-0.15, -0.1) is 0 Å². The predicted molar refractivity (Wildman–Crippen MR) is 128 cm³/mol. The number of aryl methyl sites for hydroxylation is 2. The van der Waals surface area contributed by atoms with Gasteiger partial charge in [-0.1, -0.05) is 38.5 Å². The average Bonchev–Trinajstić information content (AvgIpc) is 2.69. The lowest BCUT2D eigenvalue weighted by Crippen LogP contribution is -2.16. The van der Waals surface area contributed by atoms with Crippen LogP contribution in [0.2, 0.25) is 0 Å². The molecular formula is C24H25FO5S3. The first-order chi connectivity index (χ1) is 15.2. The molecule has 0 bridgehead atoms. The fraction of sp³-hybridized carbons (Fsp3) is 0.250. The number of benzene rings is 3. The van der Waals surface area contributed by atoms with Crippen molar-refractivity contribution in [3.63, 3.8) is 0 Å². The number of hydrogen-bond donors (Lipinski definition) is 0. The molecule has 0 atom stereocenters. The zero-order valence-corrected chi connectivity index (χ0v) is 21.4. The van der Waals surface area contributed by atoms with Crippen LogP contribution in [0.25, 0.3) is 0 Å². The summed E-state index contributed by atoms with van der Waals surface area (Å²) in [7, 11) is -7.18. The van der Waals surface area contributed by atoms with Crippen LogP contribution in [0.4, 0.5) is 4.39 Å². The molecule has 5 nitrogen and oxygen atoms in total. The quantitative estimate of drug-likeness (QED) is 0.301. The fourth-order valence-electron chi connectivity index (χ4n) is 3.05. The van der Waals surface area contributed by atoms with Gasteiger partial charge in [-0.3, -0.25) is 0 Å². The van der Waals surface area contributed by atoms with Crippen molar-refractivity contribution in [1.82, 2.24) is 0 Å². The molecule has 0 aliphatic heterocycles. The molecule has 0 aromatic heterocycles. The summed E-state index contributed by atoms with van der Waals surface area (Å²) in [5.41, 5.74) is 1.53. The molecule has 0 saturated heterocycles. The molecular weight excluding hydrogens is 483 g/mol. The first kappa shape index (κ1) is 25.3. The average molecular weight is 509 g/mol. The Kier molecular flexibility index (Phi) is 6.98. The molecule has 0 amide bonds. The summed E-state index contributed by atoms with van der Waals surface area (Å²) in [6, 6.07) is 14.1. The maximum absolute atomic E-state index is 13.2. The smallest absolute Gasteiger partial charge is 0.339 e. The van der Waals surface area contributed by atoms with Gasteiger partial charge in [0.15, 0.2) is 0 Å². The first-order valence-corrected chi connectivity index (χ1v) is 14.3. The Balaban J connectivity index is 2.03. The van der Waals surface area contributed by atoms with E-state index in [1.54, 1.807) is 43.3 Å². The minimum absolute atomic E-state index is 0.0846. The second-order valence-corrected chi connectivity index (χ2v) is 14.1. The normalized spacial score (nSPS) is 12.5. The highest BCUT2D eigenvalue weighted by atomic mass is 33.1. The number of hydrogen-bond acceptors (Lipinski definition) is 6. The van der Waals surface area contributed by atoms with Crippen molar-refractivity contribution in [2.24, 2.45) is 0 Å². The highest BCUT2D eigenvalue weighted by Crippen LogP contribution is 2.41. The molecule has 0 heterocycles. The highest BCUT2D eigenvalue weighted by molar-refractivity contribution is 8.72. The molecule has 0 unspecified atom stereocenters. The van der Waals surface area contributed by atoms with E-state index >= 15 is 0 Å². The molecule has 0 aliphatic carbocycles. The minimum Gasteiger partial charge on any atom is -0.379 e. The predicted octanol–water partition coefficient (Wildman–Crippen LogP) is 5.99. The zero-order chi connectivity index (χ0) is 24.6. The number of rotatable bonds is 6. The van der Waals surface area contributed by atoms with Crippen molar-refractivity contribution < 1.29 is 25.4 Å².